The maximum absolute atomic E-state index is 12.5. The van der Waals surface area contributed by atoms with E-state index in [9.17, 15) is 4.79 Å². The zero-order chi connectivity index (χ0) is 16.1. The molecule has 1 aliphatic rings. The minimum atomic E-state index is 0.225. The van der Waals surface area contributed by atoms with Gasteiger partial charge < -0.3 is 10.6 Å². The molecule has 1 aliphatic heterocycles. The summed E-state index contributed by atoms with van der Waals surface area (Å²) < 4.78 is 0. The highest BCUT2D eigenvalue weighted by atomic mass is 16.2. The Morgan fingerprint density at radius 2 is 1.74 bits per heavy atom. The molecule has 2 aromatic carbocycles. The molecular formula is C20H24N2O. The Morgan fingerprint density at radius 1 is 1.00 bits per heavy atom. The van der Waals surface area contributed by atoms with Crippen LogP contribution in [0, 0.1) is 0 Å². The average molecular weight is 308 g/mol. The van der Waals surface area contributed by atoms with E-state index in [-0.39, 0.29) is 5.91 Å². The molecule has 1 fully saturated rings. The third-order valence-electron chi connectivity index (χ3n) is 4.69. The smallest absolute Gasteiger partial charge is 0.226 e. The normalized spacial score (nSPS) is 18.4. The van der Waals surface area contributed by atoms with E-state index in [1.54, 1.807) is 0 Å². The minimum absolute atomic E-state index is 0.225. The first-order chi connectivity index (χ1) is 11.2. The van der Waals surface area contributed by atoms with Crippen LogP contribution >= 0.6 is 0 Å². The van der Waals surface area contributed by atoms with Crippen LogP contribution in [0.4, 0.5) is 5.69 Å². The Hall–Kier alpha value is -2.29. The Labute approximate surface area is 138 Å². The molecule has 3 nitrogen and oxygen atoms in total. The van der Waals surface area contributed by atoms with Crippen LogP contribution in [-0.4, -0.2) is 23.9 Å². The van der Waals surface area contributed by atoms with Gasteiger partial charge in [-0.1, -0.05) is 42.5 Å². The summed E-state index contributed by atoms with van der Waals surface area (Å²) in [5.74, 6) is 0.800. The lowest BCUT2D eigenvalue weighted by Gasteiger charge is -2.21. The standard InChI is InChI=1S/C20H24N2O/c21-19-10-8-16(9-11-19)15-20(23)22-13-4-7-18(12-14-22)17-5-2-1-3-6-17/h1-3,5-6,8-11,18H,4,7,12-15,21H2/t18-/m1/s1. The first kappa shape index (κ1) is 15.6. The monoisotopic (exact) mass is 308 g/mol. The lowest BCUT2D eigenvalue weighted by molar-refractivity contribution is -0.130. The average Bonchev–Trinajstić information content (AvgIpc) is 2.84. The van der Waals surface area contributed by atoms with Crippen molar-refractivity contribution in [3.8, 4) is 0 Å². The quantitative estimate of drug-likeness (QED) is 0.881. The second kappa shape index (κ2) is 7.32. The van der Waals surface area contributed by atoms with Crippen molar-refractivity contribution in [3.63, 3.8) is 0 Å². The van der Waals surface area contributed by atoms with Crippen LogP contribution in [0.3, 0.4) is 0 Å². The van der Waals surface area contributed by atoms with Gasteiger partial charge in [-0.15, -0.1) is 0 Å². The second-order valence-electron chi connectivity index (χ2n) is 6.34. The van der Waals surface area contributed by atoms with Crippen molar-refractivity contribution in [2.24, 2.45) is 0 Å². The highest BCUT2D eigenvalue weighted by Gasteiger charge is 2.21. The third kappa shape index (κ3) is 4.13. The van der Waals surface area contributed by atoms with Gasteiger partial charge in [0.2, 0.25) is 5.91 Å². The molecule has 0 aliphatic carbocycles. The maximum atomic E-state index is 12.5. The Kier molecular flexibility index (Phi) is 4.96. The number of likely N-dealkylation sites (tertiary alicyclic amines) is 1. The number of nitrogens with two attached hydrogens (primary N) is 1. The minimum Gasteiger partial charge on any atom is -0.399 e. The van der Waals surface area contributed by atoms with Gasteiger partial charge in [0.1, 0.15) is 0 Å². The number of benzene rings is 2. The van der Waals surface area contributed by atoms with Crippen LogP contribution in [0.25, 0.3) is 0 Å². The van der Waals surface area contributed by atoms with Gasteiger partial charge in [-0.3, -0.25) is 4.79 Å². The van der Waals surface area contributed by atoms with E-state index in [1.807, 2.05) is 29.2 Å². The van der Waals surface area contributed by atoms with Crippen molar-refractivity contribution in [1.29, 1.82) is 0 Å². The molecule has 0 unspecified atom stereocenters. The van der Waals surface area contributed by atoms with E-state index in [2.05, 4.69) is 30.3 Å². The van der Waals surface area contributed by atoms with E-state index in [4.69, 9.17) is 5.73 Å². The number of carbonyl (C=O) groups excluding carboxylic acids is 1. The molecular weight excluding hydrogens is 284 g/mol. The number of nitrogen functional groups attached to an aromatic ring is 1. The topological polar surface area (TPSA) is 46.3 Å². The fourth-order valence-electron chi connectivity index (χ4n) is 3.33. The van der Waals surface area contributed by atoms with Crippen LogP contribution in [0.1, 0.15) is 36.3 Å². The lowest BCUT2D eigenvalue weighted by atomic mass is 9.92. The fraction of sp³-hybridized carbons (Fsp3) is 0.350. The first-order valence-corrected chi connectivity index (χ1v) is 8.39. The predicted octanol–water partition coefficient (Wildman–Crippen LogP) is 3.61. The van der Waals surface area contributed by atoms with E-state index < -0.39 is 0 Å². The summed E-state index contributed by atoms with van der Waals surface area (Å²) in [5.41, 5.74) is 8.87. The van der Waals surface area contributed by atoms with Gasteiger partial charge in [-0.05, 0) is 48.4 Å². The number of anilines is 1. The number of amides is 1. The number of nitrogens with zero attached hydrogens (tertiary/aromatic N) is 1. The van der Waals surface area contributed by atoms with E-state index in [0.717, 1.165) is 43.6 Å². The molecule has 23 heavy (non-hydrogen) atoms. The van der Waals surface area contributed by atoms with Crippen molar-refractivity contribution in [2.45, 2.75) is 31.6 Å². The predicted molar refractivity (Wildman–Crippen MR) is 94.2 cm³/mol. The summed E-state index contributed by atoms with van der Waals surface area (Å²) in [5, 5.41) is 0. The van der Waals surface area contributed by atoms with E-state index in [1.165, 1.54) is 5.56 Å². The third-order valence-corrected chi connectivity index (χ3v) is 4.69. The van der Waals surface area contributed by atoms with Gasteiger partial charge in [-0.2, -0.15) is 0 Å². The van der Waals surface area contributed by atoms with Crippen molar-refractivity contribution in [2.75, 3.05) is 18.8 Å². The summed E-state index contributed by atoms with van der Waals surface area (Å²) in [6, 6.07) is 18.3. The highest BCUT2D eigenvalue weighted by Crippen LogP contribution is 2.28. The molecule has 0 aromatic heterocycles. The molecule has 1 heterocycles. The molecule has 0 bridgehead atoms. The summed E-state index contributed by atoms with van der Waals surface area (Å²) in [7, 11) is 0. The van der Waals surface area contributed by atoms with Crippen molar-refractivity contribution in [3.05, 3.63) is 65.7 Å². The summed E-state index contributed by atoms with van der Waals surface area (Å²) in [6.07, 6.45) is 3.76. The van der Waals surface area contributed by atoms with Crippen LogP contribution in [-0.2, 0) is 11.2 Å². The lowest BCUT2D eigenvalue weighted by Crippen LogP contribution is -2.33. The largest absolute Gasteiger partial charge is 0.399 e. The number of carbonyl (C=O) groups is 1. The number of rotatable bonds is 3. The zero-order valence-electron chi connectivity index (χ0n) is 13.4. The van der Waals surface area contributed by atoms with Gasteiger partial charge in [0.05, 0.1) is 6.42 Å². The van der Waals surface area contributed by atoms with Crippen LogP contribution in [0.2, 0.25) is 0 Å². The molecule has 2 aromatic rings. The van der Waals surface area contributed by atoms with Crippen LogP contribution in [0.5, 0.6) is 0 Å². The van der Waals surface area contributed by atoms with Gasteiger partial charge in [-0.25, -0.2) is 0 Å². The van der Waals surface area contributed by atoms with Gasteiger partial charge >= 0.3 is 0 Å². The summed E-state index contributed by atoms with van der Waals surface area (Å²) >= 11 is 0. The van der Waals surface area contributed by atoms with Crippen molar-refractivity contribution >= 4 is 11.6 Å². The number of hydrogen-bond acceptors (Lipinski definition) is 2. The second-order valence-corrected chi connectivity index (χ2v) is 6.34. The maximum Gasteiger partial charge on any atom is 0.226 e. The Balaban J connectivity index is 1.59. The molecule has 1 amide bonds. The molecule has 1 saturated heterocycles. The Morgan fingerprint density at radius 3 is 2.48 bits per heavy atom. The van der Waals surface area contributed by atoms with Gasteiger partial charge in [0, 0.05) is 18.8 Å². The van der Waals surface area contributed by atoms with Gasteiger partial charge in [0.25, 0.3) is 0 Å². The van der Waals surface area contributed by atoms with Crippen molar-refractivity contribution < 1.29 is 4.79 Å². The van der Waals surface area contributed by atoms with E-state index >= 15 is 0 Å². The first-order valence-electron chi connectivity index (χ1n) is 8.39. The summed E-state index contributed by atoms with van der Waals surface area (Å²) in [4.78, 5) is 14.6. The van der Waals surface area contributed by atoms with Crippen LogP contribution in [0.15, 0.2) is 54.6 Å². The van der Waals surface area contributed by atoms with Crippen LogP contribution < -0.4 is 5.73 Å². The molecule has 0 saturated carbocycles. The molecule has 3 heteroatoms. The SMILES string of the molecule is Nc1ccc(CC(=O)N2CCC[C@@H](c3ccccc3)CC2)cc1. The van der Waals surface area contributed by atoms with Gasteiger partial charge in [0.15, 0.2) is 0 Å². The number of hydrogen-bond donors (Lipinski definition) is 1. The zero-order valence-corrected chi connectivity index (χ0v) is 13.4. The highest BCUT2D eigenvalue weighted by molar-refractivity contribution is 5.79. The molecule has 120 valence electrons. The molecule has 3 rings (SSSR count). The van der Waals surface area contributed by atoms with Crippen molar-refractivity contribution in [1.82, 2.24) is 4.90 Å². The summed E-state index contributed by atoms with van der Waals surface area (Å²) in [6.45, 7) is 1.73. The molecule has 0 spiro atoms. The molecule has 1 atom stereocenters. The van der Waals surface area contributed by atoms with E-state index in [0.29, 0.717) is 12.3 Å². The Bertz CT molecular complexity index is 636. The fourth-order valence-corrected chi connectivity index (χ4v) is 3.33. The molecule has 0 radical (unpaired) electrons. The molecule has 2 N–H and O–H groups in total.